The Morgan fingerprint density at radius 3 is 2.49 bits per heavy atom. The number of imide groups is 2. The smallest absolute Gasteiger partial charge is 0.308 e. The Balaban J connectivity index is 0.998. The van der Waals surface area contributed by atoms with Crippen molar-refractivity contribution in [3.63, 3.8) is 0 Å². The summed E-state index contributed by atoms with van der Waals surface area (Å²) in [5, 5.41) is 15.3. The Morgan fingerprint density at radius 2 is 1.75 bits per heavy atom. The van der Waals surface area contributed by atoms with Gasteiger partial charge < -0.3 is 10.1 Å². The van der Waals surface area contributed by atoms with E-state index in [1.165, 1.54) is 18.4 Å². The van der Waals surface area contributed by atoms with Crippen molar-refractivity contribution in [3.05, 3.63) is 97.4 Å². The van der Waals surface area contributed by atoms with Crippen LogP contribution in [-0.2, 0) is 25.5 Å². The number of aryl methyl sites for hydroxylation is 2. The average molecular weight is 784 g/mol. The van der Waals surface area contributed by atoms with Crippen LogP contribution in [-0.4, -0.2) is 80.6 Å². The minimum Gasteiger partial charge on any atom is -0.469 e. The average Bonchev–Trinajstić information content (AvgIpc) is 3.76. The molecule has 2 atom stereocenters. The van der Waals surface area contributed by atoms with Crippen molar-refractivity contribution in [3.8, 4) is 5.00 Å². The molecule has 2 aromatic carbocycles. The van der Waals surface area contributed by atoms with Crippen LogP contribution in [0.25, 0.3) is 5.00 Å². The Morgan fingerprint density at radius 1 is 0.982 bits per heavy atom. The number of nitrogens with zero attached hydrogens (tertiary/aromatic N) is 5. The number of unbranched alkanes of at least 4 members (excludes halogenated alkanes) is 3. The van der Waals surface area contributed by atoms with E-state index in [9.17, 15) is 28.8 Å². The summed E-state index contributed by atoms with van der Waals surface area (Å²) in [6.45, 7) is 4.15. The van der Waals surface area contributed by atoms with E-state index in [4.69, 9.17) is 21.3 Å². The van der Waals surface area contributed by atoms with E-state index in [0.717, 1.165) is 57.8 Å². The number of esters is 1. The van der Waals surface area contributed by atoms with Gasteiger partial charge in [-0.05, 0) is 68.9 Å². The number of hydrogen-bond acceptors (Lipinski definition) is 11. The molecule has 2 N–H and O–H groups in total. The highest BCUT2D eigenvalue weighted by Gasteiger charge is 2.45. The maximum absolute atomic E-state index is 13.7. The molecule has 0 bridgehead atoms. The molecule has 0 radical (unpaired) electrons. The number of methoxy groups -OCH3 is 1. The summed E-state index contributed by atoms with van der Waals surface area (Å²) < 4.78 is 6.83. The fourth-order valence-corrected chi connectivity index (χ4v) is 8.76. The van der Waals surface area contributed by atoms with Crippen LogP contribution in [0.2, 0.25) is 5.02 Å². The second kappa shape index (κ2) is 15.7. The molecule has 0 aliphatic carbocycles. The predicted molar refractivity (Wildman–Crippen MR) is 203 cm³/mol. The molecule has 0 saturated carbocycles. The summed E-state index contributed by atoms with van der Waals surface area (Å²) in [6.07, 6.45) is 3.84. The molecule has 7 rings (SSSR count). The number of fused-ring (bicyclic) bond motifs is 4. The first-order valence-electron chi connectivity index (χ1n) is 18.1. The van der Waals surface area contributed by atoms with Crippen LogP contribution < -0.4 is 10.6 Å². The van der Waals surface area contributed by atoms with Crippen LogP contribution in [0, 0.1) is 13.8 Å². The minimum atomic E-state index is -1.00. The van der Waals surface area contributed by atoms with Gasteiger partial charge in [-0.3, -0.25) is 48.5 Å². The highest BCUT2D eigenvalue weighted by Crippen LogP contribution is 2.40. The molecule has 5 heterocycles. The van der Waals surface area contributed by atoms with E-state index < -0.39 is 41.7 Å². The summed E-state index contributed by atoms with van der Waals surface area (Å²) in [5.41, 5.74) is 4.22. The van der Waals surface area contributed by atoms with E-state index in [0.29, 0.717) is 45.8 Å². The number of rotatable bonds is 12. The summed E-state index contributed by atoms with van der Waals surface area (Å²) in [7, 11) is 1.33. The lowest BCUT2D eigenvalue weighted by molar-refractivity contribution is -0.141. The molecular formula is C39H38ClN7O7S. The number of aliphatic imine (C=N–C) groups is 1. The summed E-state index contributed by atoms with van der Waals surface area (Å²) >= 11 is 7.54. The van der Waals surface area contributed by atoms with E-state index in [1.807, 2.05) is 36.6 Å². The summed E-state index contributed by atoms with van der Waals surface area (Å²) in [4.78, 5) is 83.3. The van der Waals surface area contributed by atoms with Crippen molar-refractivity contribution in [2.24, 2.45) is 4.99 Å². The van der Waals surface area contributed by atoms with E-state index >= 15 is 0 Å². The molecule has 3 aliphatic rings. The second-order valence-corrected chi connectivity index (χ2v) is 15.1. The number of nitrogens with one attached hydrogen (secondary N) is 2. The van der Waals surface area contributed by atoms with Gasteiger partial charge in [-0.15, -0.1) is 21.5 Å². The molecule has 284 valence electrons. The third-order valence-corrected chi connectivity index (χ3v) is 11.7. The molecule has 1 unspecified atom stereocenters. The zero-order valence-corrected chi connectivity index (χ0v) is 32.0. The number of amides is 5. The molecule has 5 amide bonds. The van der Waals surface area contributed by atoms with Crippen molar-refractivity contribution in [1.82, 2.24) is 30.3 Å². The standard InChI is InChI=1S/C39H38ClN7O7S/c1-20-30-32(23-12-14-24(40)15-13-23)42-26(19-29(49)54-3)34-45-44-21(2)46(34)39(30)55-33(20)36(51)41-18-7-5-4-6-9-22-10-8-11-25-31(22)38(53)47(37(25)52)27-16-17-28(48)43-35(27)50/h8,10-15,26-27H,4-7,9,16-19H2,1-3H3,(H,41,51)(H,43,48,50)/t26-,27?/m0/s1. The molecule has 14 nitrogen and oxygen atoms in total. The van der Waals surface area contributed by atoms with Crippen LogP contribution in [0.3, 0.4) is 0 Å². The largest absolute Gasteiger partial charge is 0.469 e. The summed E-state index contributed by atoms with van der Waals surface area (Å²) in [6, 6.07) is 10.7. The van der Waals surface area contributed by atoms with Crippen LogP contribution in [0.4, 0.5) is 0 Å². The van der Waals surface area contributed by atoms with Crippen molar-refractivity contribution in [2.45, 2.75) is 77.3 Å². The molecule has 4 aromatic rings. The molecule has 55 heavy (non-hydrogen) atoms. The normalized spacial score (nSPS) is 17.6. The van der Waals surface area contributed by atoms with Crippen molar-refractivity contribution in [2.75, 3.05) is 13.7 Å². The number of benzene rings is 2. The van der Waals surface area contributed by atoms with Crippen molar-refractivity contribution < 1.29 is 33.5 Å². The number of carbonyl (C=O) groups excluding carboxylic acids is 6. The van der Waals surface area contributed by atoms with Gasteiger partial charge in [-0.2, -0.15) is 0 Å². The fourth-order valence-electron chi connectivity index (χ4n) is 7.35. The predicted octanol–water partition coefficient (Wildman–Crippen LogP) is 4.99. The quantitative estimate of drug-likeness (QED) is 0.114. The van der Waals surface area contributed by atoms with Gasteiger partial charge in [-0.1, -0.05) is 48.7 Å². The number of aromatic nitrogens is 3. The van der Waals surface area contributed by atoms with Gasteiger partial charge in [0.25, 0.3) is 17.7 Å². The zero-order valence-electron chi connectivity index (χ0n) is 30.4. The fraction of sp³-hybridized carbons (Fsp3) is 0.359. The Bertz CT molecular complexity index is 2280. The van der Waals surface area contributed by atoms with Crippen molar-refractivity contribution in [1.29, 1.82) is 0 Å². The number of thiophene rings is 1. The Kier molecular flexibility index (Phi) is 10.8. The topological polar surface area (TPSA) is 182 Å². The molecule has 0 spiro atoms. The molecular weight excluding hydrogens is 746 g/mol. The first-order valence-corrected chi connectivity index (χ1v) is 19.3. The number of carbonyl (C=O) groups is 6. The van der Waals surface area contributed by atoms with E-state index in [2.05, 4.69) is 20.8 Å². The zero-order chi connectivity index (χ0) is 39.0. The maximum Gasteiger partial charge on any atom is 0.308 e. The SMILES string of the molecule is COC(=O)C[C@@H]1N=C(c2ccc(Cl)cc2)c2c(sc(C(=O)NCCCCCCc3cccc4c3C(=O)N(C3CCC(=O)NC3=O)C4=O)c2C)-n2c(C)nnc21. The third-order valence-electron chi connectivity index (χ3n) is 10.1. The van der Waals surface area contributed by atoms with Gasteiger partial charge in [0.1, 0.15) is 22.9 Å². The highest BCUT2D eigenvalue weighted by molar-refractivity contribution is 7.17. The monoisotopic (exact) mass is 783 g/mol. The van der Waals surface area contributed by atoms with Gasteiger partial charge in [-0.25, -0.2) is 0 Å². The van der Waals surface area contributed by atoms with Crippen LogP contribution in [0.1, 0.15) is 115 Å². The van der Waals surface area contributed by atoms with Gasteiger partial charge in [0.05, 0.1) is 35.2 Å². The lowest BCUT2D eigenvalue weighted by Crippen LogP contribution is -2.54. The molecule has 1 fully saturated rings. The van der Waals surface area contributed by atoms with Gasteiger partial charge in [0.15, 0.2) is 5.82 Å². The van der Waals surface area contributed by atoms with E-state index in [-0.39, 0.29) is 30.7 Å². The number of halogens is 1. The van der Waals surface area contributed by atoms with Gasteiger partial charge in [0, 0.05) is 29.1 Å². The van der Waals surface area contributed by atoms with Gasteiger partial charge in [0.2, 0.25) is 11.8 Å². The first kappa shape index (κ1) is 37.8. The van der Waals surface area contributed by atoms with Crippen molar-refractivity contribution >= 4 is 64.2 Å². The molecule has 1 saturated heterocycles. The second-order valence-electron chi connectivity index (χ2n) is 13.7. The molecule has 3 aliphatic heterocycles. The third kappa shape index (κ3) is 7.21. The minimum absolute atomic E-state index is 0.0401. The summed E-state index contributed by atoms with van der Waals surface area (Å²) in [5.74, 6) is -1.65. The number of piperidine rings is 1. The van der Waals surface area contributed by atoms with Crippen LogP contribution in [0.15, 0.2) is 47.5 Å². The Hall–Kier alpha value is -5.54. The Labute approximate surface area is 325 Å². The molecule has 16 heteroatoms. The van der Waals surface area contributed by atoms with Crippen LogP contribution >= 0.6 is 22.9 Å². The molecule has 2 aromatic heterocycles. The lowest BCUT2D eigenvalue weighted by atomic mass is 9.97. The maximum atomic E-state index is 13.7. The van der Waals surface area contributed by atoms with E-state index in [1.54, 1.807) is 24.3 Å². The lowest BCUT2D eigenvalue weighted by Gasteiger charge is -2.27. The number of hydrogen-bond donors (Lipinski definition) is 2. The first-order chi connectivity index (χ1) is 26.5. The van der Waals surface area contributed by atoms with Crippen LogP contribution in [0.5, 0.6) is 0 Å². The van der Waals surface area contributed by atoms with Gasteiger partial charge >= 0.3 is 5.97 Å². The number of ether oxygens (including phenoxy) is 1. The highest BCUT2D eigenvalue weighted by atomic mass is 35.5.